The van der Waals surface area contributed by atoms with E-state index in [1.165, 1.54) is 41.5 Å². The van der Waals surface area contributed by atoms with E-state index >= 15 is 0 Å². The average molecular weight is 986 g/mol. The third-order valence-corrected chi connectivity index (χ3v) is 7.81. The van der Waals surface area contributed by atoms with E-state index in [2.05, 4.69) is 15.3 Å². The molecule has 0 radical (unpaired) electrons. The molecule has 3 heterocycles. The molecule has 1 N–H and O–H groups in total. The van der Waals surface area contributed by atoms with Crippen LogP contribution in [-0.4, -0.2) is 129 Å². The molecular weight excluding hydrogens is 915 g/mol. The Kier molecular flexibility index (Phi) is 17.0. The van der Waals surface area contributed by atoms with Crippen LogP contribution in [0.4, 0.5) is 51.0 Å². The summed E-state index contributed by atoms with van der Waals surface area (Å²) in [7, 11) is 0. The number of nitrogens with one attached hydrogen (secondary N) is 1. The summed E-state index contributed by atoms with van der Waals surface area (Å²) >= 11 is 0. The number of anilines is 3. The van der Waals surface area contributed by atoms with Crippen molar-refractivity contribution < 1.29 is 90.4 Å². The van der Waals surface area contributed by atoms with Crippen LogP contribution in [-0.2, 0) is 52.1 Å². The van der Waals surface area contributed by atoms with E-state index in [-0.39, 0.29) is 0 Å². The SMILES string of the molecule is CC(C)(C)OC(=O)OC[C@H]1O[C@@H]2[C@@H](Nc3c(OC(=O)OC(C)(C)C)nc(N(C(=O)OC(C)(C)C)C(=O)OC(C)(C)C)nc3N2C(=O)OC(C)(C)C)[C@@H](OC(=O)OC(C)(C)C)[C@H]1OC(=O)OC(C)(C)C. The number of hydrogen-bond donors (Lipinski definition) is 1. The van der Waals surface area contributed by atoms with Gasteiger partial charge in [0.2, 0.25) is 5.95 Å². The van der Waals surface area contributed by atoms with E-state index < -0.39 is 143 Å². The Morgan fingerprint density at radius 3 is 1.38 bits per heavy atom. The van der Waals surface area contributed by atoms with Crippen LogP contribution in [0.3, 0.4) is 0 Å². The lowest BCUT2D eigenvalue weighted by Crippen LogP contribution is -2.70. The van der Waals surface area contributed by atoms with Gasteiger partial charge in [-0.05, 0) is 145 Å². The number of ether oxygens (including phenoxy) is 12. The lowest BCUT2D eigenvalue weighted by molar-refractivity contribution is -0.202. The molecule has 0 spiro atoms. The fourth-order valence-corrected chi connectivity index (χ4v) is 5.80. The van der Waals surface area contributed by atoms with E-state index in [9.17, 15) is 33.6 Å². The van der Waals surface area contributed by atoms with Gasteiger partial charge in [-0.25, -0.2) is 38.5 Å². The third-order valence-electron chi connectivity index (χ3n) is 7.81. The molecule has 0 unspecified atom stereocenters. The summed E-state index contributed by atoms with van der Waals surface area (Å²) in [5.74, 6) is -2.23. The Morgan fingerprint density at radius 2 is 0.942 bits per heavy atom. The first-order valence-electron chi connectivity index (χ1n) is 22.1. The molecule has 1 fully saturated rings. The van der Waals surface area contributed by atoms with Crippen molar-refractivity contribution in [3.63, 3.8) is 0 Å². The Bertz CT molecular complexity index is 2050. The van der Waals surface area contributed by atoms with Crippen molar-refractivity contribution in [1.82, 2.24) is 9.97 Å². The van der Waals surface area contributed by atoms with E-state index in [1.807, 2.05) is 0 Å². The minimum absolute atomic E-state index is 0.302. The highest BCUT2D eigenvalue weighted by Gasteiger charge is 2.58. The highest BCUT2D eigenvalue weighted by atomic mass is 16.8. The molecule has 1 aromatic heterocycles. The predicted molar refractivity (Wildman–Crippen MR) is 243 cm³/mol. The minimum atomic E-state index is -1.81. The second-order valence-corrected chi connectivity index (χ2v) is 22.8. The summed E-state index contributed by atoms with van der Waals surface area (Å²) in [6, 6.07) is -1.62. The number of fused-ring (bicyclic) bond motifs is 2. The first-order chi connectivity index (χ1) is 30.9. The van der Waals surface area contributed by atoms with Gasteiger partial charge in [-0.15, -0.1) is 4.90 Å². The molecule has 69 heavy (non-hydrogen) atoms. The molecule has 0 aliphatic carbocycles. The zero-order chi connectivity index (χ0) is 53.2. The van der Waals surface area contributed by atoms with Crippen molar-refractivity contribution in [2.75, 3.05) is 21.7 Å². The molecule has 24 nitrogen and oxygen atoms in total. The molecule has 24 heteroatoms. The highest BCUT2D eigenvalue weighted by molar-refractivity contribution is 6.08. The van der Waals surface area contributed by atoms with Gasteiger partial charge < -0.3 is 62.2 Å². The number of amides is 3. The summed E-state index contributed by atoms with van der Waals surface area (Å²) in [6.07, 6.45) is -16.2. The Labute approximate surface area is 402 Å². The largest absolute Gasteiger partial charge is 0.515 e. The third kappa shape index (κ3) is 18.4. The molecule has 1 saturated heterocycles. The summed E-state index contributed by atoms with van der Waals surface area (Å²) in [4.78, 5) is 106. The lowest BCUT2D eigenvalue weighted by atomic mass is 9.93. The van der Waals surface area contributed by atoms with Gasteiger partial charge in [0.25, 0.3) is 5.88 Å². The van der Waals surface area contributed by atoms with Crippen molar-refractivity contribution in [2.45, 2.75) is 215 Å². The number of imide groups is 1. The Morgan fingerprint density at radius 1 is 0.536 bits per heavy atom. The van der Waals surface area contributed by atoms with Crippen molar-refractivity contribution >= 4 is 60.4 Å². The summed E-state index contributed by atoms with van der Waals surface area (Å²) in [5, 5.41) is 2.99. The molecule has 3 rings (SSSR count). The first kappa shape index (κ1) is 57.2. The van der Waals surface area contributed by atoms with Gasteiger partial charge in [0.1, 0.15) is 63.6 Å². The van der Waals surface area contributed by atoms with Crippen molar-refractivity contribution in [1.29, 1.82) is 0 Å². The van der Waals surface area contributed by atoms with Gasteiger partial charge in [0, 0.05) is 0 Å². The maximum atomic E-state index is 14.8. The van der Waals surface area contributed by atoms with Crippen LogP contribution < -0.4 is 19.9 Å². The second kappa shape index (κ2) is 20.5. The van der Waals surface area contributed by atoms with Crippen LogP contribution in [0.1, 0.15) is 145 Å². The van der Waals surface area contributed by atoms with Crippen molar-refractivity contribution in [2.24, 2.45) is 0 Å². The molecule has 0 aromatic carbocycles. The monoisotopic (exact) mass is 985 g/mol. The van der Waals surface area contributed by atoms with Crippen LogP contribution in [0.5, 0.6) is 5.88 Å². The zero-order valence-corrected chi connectivity index (χ0v) is 43.6. The van der Waals surface area contributed by atoms with Crippen LogP contribution in [0.25, 0.3) is 0 Å². The lowest BCUT2D eigenvalue weighted by Gasteiger charge is -2.50. The van der Waals surface area contributed by atoms with Gasteiger partial charge in [0.15, 0.2) is 24.3 Å². The number of rotatable bonds is 6. The maximum Gasteiger partial charge on any atom is 0.515 e. The number of hydrogen-bond acceptors (Lipinski definition) is 22. The molecule has 5 atom stereocenters. The van der Waals surface area contributed by atoms with Crippen LogP contribution in [0.2, 0.25) is 0 Å². The fraction of sp³-hybridized carbons (Fsp3) is 0.756. The van der Waals surface area contributed by atoms with E-state index in [0.29, 0.717) is 4.90 Å². The number of aromatic nitrogens is 2. The molecule has 2 aliphatic rings. The standard InChI is InChI=1S/C45H71N5O19/c1-39(2,3)63-32(51)49-28-25(29(62-38(57)69-45(19,20)21)48-31(47-28)50(33(52)64-40(4,5)6)34(53)65-41(7,8)9)46-24-27(61-37(56)68-44(16,17)18)26(60-36(55)67-43(13,14)15)23(59-30(24)49)22-58-35(54)66-42(10,11)12/h23-24,26-27,30,46H,22H2,1-21H3/t23-,24+,26+,27-,30-/m1/s1. The van der Waals surface area contributed by atoms with E-state index in [0.717, 1.165) is 4.90 Å². The second-order valence-electron chi connectivity index (χ2n) is 22.8. The van der Waals surface area contributed by atoms with Crippen LogP contribution >= 0.6 is 0 Å². The first-order valence-corrected chi connectivity index (χ1v) is 22.1. The maximum absolute atomic E-state index is 14.8. The van der Waals surface area contributed by atoms with Crippen molar-refractivity contribution in [3.8, 4) is 5.88 Å². The van der Waals surface area contributed by atoms with Gasteiger partial charge in [0.05, 0.1) is 0 Å². The fourth-order valence-electron chi connectivity index (χ4n) is 5.80. The van der Waals surface area contributed by atoms with E-state index in [4.69, 9.17) is 56.8 Å². The normalized spacial score (nSPS) is 19.7. The predicted octanol–water partition coefficient (Wildman–Crippen LogP) is 9.32. The van der Waals surface area contributed by atoms with Gasteiger partial charge in [-0.2, -0.15) is 9.97 Å². The summed E-state index contributed by atoms with van der Waals surface area (Å²) < 4.78 is 68.2. The smallest absolute Gasteiger partial charge is 0.443 e. The molecule has 0 bridgehead atoms. The van der Waals surface area contributed by atoms with Gasteiger partial charge in [-0.3, -0.25) is 0 Å². The number of carbonyl (C=O) groups excluding carboxylic acids is 7. The van der Waals surface area contributed by atoms with E-state index in [1.54, 1.807) is 104 Å². The molecule has 2 aliphatic heterocycles. The summed E-state index contributed by atoms with van der Waals surface area (Å²) in [5.41, 5.74) is -8.60. The molecule has 1 aromatic rings. The quantitative estimate of drug-likeness (QED) is 0.205. The van der Waals surface area contributed by atoms with Crippen molar-refractivity contribution in [3.05, 3.63) is 0 Å². The Balaban J connectivity index is 2.55. The summed E-state index contributed by atoms with van der Waals surface area (Å²) in [6.45, 7) is 31.7. The van der Waals surface area contributed by atoms with Gasteiger partial charge >= 0.3 is 42.9 Å². The Hall–Kier alpha value is -6.07. The average Bonchev–Trinajstić information content (AvgIpc) is 3.05. The molecule has 390 valence electrons. The molecular formula is C45H71N5O19. The molecule has 3 amide bonds. The van der Waals surface area contributed by atoms with Crippen LogP contribution in [0.15, 0.2) is 0 Å². The molecule has 0 saturated carbocycles. The number of carbonyl (C=O) groups is 7. The van der Waals surface area contributed by atoms with Gasteiger partial charge in [-0.1, -0.05) is 0 Å². The minimum Gasteiger partial charge on any atom is -0.443 e. The highest BCUT2D eigenvalue weighted by Crippen LogP contribution is 2.45. The topological polar surface area (TPSA) is 275 Å². The van der Waals surface area contributed by atoms with Crippen LogP contribution in [0, 0.1) is 0 Å². The number of nitrogens with zero attached hydrogens (tertiary/aromatic N) is 4. The zero-order valence-electron chi connectivity index (χ0n) is 43.6.